The minimum Gasteiger partial charge on any atom is -0.300 e. The van der Waals surface area contributed by atoms with Crippen molar-refractivity contribution in [3.05, 3.63) is 76.2 Å². The number of fused-ring (bicyclic) bond motifs is 1. The van der Waals surface area contributed by atoms with Crippen LogP contribution in [-0.2, 0) is 11.3 Å². The third kappa shape index (κ3) is 3.41. The predicted octanol–water partition coefficient (Wildman–Crippen LogP) is 5.08. The van der Waals surface area contributed by atoms with E-state index >= 15 is 0 Å². The minimum absolute atomic E-state index is 0.0634. The largest absolute Gasteiger partial charge is 0.300 e. The maximum absolute atomic E-state index is 13.1. The number of Topliss-reactive ketones (excluding diaryl/α,β-unsaturated/α-hetero) is 1. The quantitative estimate of drug-likeness (QED) is 0.479. The maximum atomic E-state index is 13.1. The number of hydrogen-bond donors (Lipinski definition) is 0. The SMILES string of the molecule is CC(=O)CCn1c(C)nc2scc(-c3ccc(-c4ccccc4)cc3)c2c1=O. The van der Waals surface area contributed by atoms with E-state index in [-0.39, 0.29) is 11.3 Å². The molecule has 2 aromatic heterocycles. The summed E-state index contributed by atoms with van der Waals surface area (Å²) in [6.07, 6.45) is 0.333. The summed E-state index contributed by atoms with van der Waals surface area (Å²) in [7, 11) is 0. The van der Waals surface area contributed by atoms with Gasteiger partial charge in [-0.05, 0) is 30.5 Å². The molecule has 2 heterocycles. The number of thiophene rings is 1. The van der Waals surface area contributed by atoms with Gasteiger partial charge in [0.2, 0.25) is 0 Å². The molecule has 0 N–H and O–H groups in total. The van der Waals surface area contributed by atoms with Crippen molar-refractivity contribution in [2.45, 2.75) is 26.8 Å². The Bertz CT molecular complexity index is 1210. The first-order chi connectivity index (χ1) is 13.5. The van der Waals surface area contributed by atoms with Crippen molar-refractivity contribution in [2.75, 3.05) is 0 Å². The fourth-order valence-electron chi connectivity index (χ4n) is 3.34. The van der Waals surface area contributed by atoms with E-state index in [0.717, 1.165) is 27.1 Å². The van der Waals surface area contributed by atoms with Gasteiger partial charge in [-0.3, -0.25) is 14.2 Å². The second-order valence-electron chi connectivity index (χ2n) is 6.84. The van der Waals surface area contributed by atoms with Gasteiger partial charge in [0.15, 0.2) is 0 Å². The molecule has 4 aromatic rings. The molecule has 28 heavy (non-hydrogen) atoms. The number of hydrogen-bond acceptors (Lipinski definition) is 4. The number of nitrogens with zero attached hydrogens (tertiary/aromatic N) is 2. The Balaban J connectivity index is 1.78. The molecule has 0 aliphatic rings. The molecule has 4 rings (SSSR count). The Labute approximate surface area is 167 Å². The highest BCUT2D eigenvalue weighted by Gasteiger charge is 2.15. The number of ketones is 1. The van der Waals surface area contributed by atoms with E-state index in [1.807, 2.05) is 42.6 Å². The molecule has 5 heteroatoms. The van der Waals surface area contributed by atoms with Crippen molar-refractivity contribution < 1.29 is 4.79 Å². The summed E-state index contributed by atoms with van der Waals surface area (Å²) in [6.45, 7) is 3.72. The summed E-state index contributed by atoms with van der Waals surface area (Å²) >= 11 is 1.48. The second-order valence-corrected chi connectivity index (χ2v) is 7.70. The Hall–Kier alpha value is -3.05. The fourth-order valence-corrected chi connectivity index (χ4v) is 4.33. The van der Waals surface area contributed by atoms with Crippen LogP contribution in [0.3, 0.4) is 0 Å². The molecule has 0 atom stereocenters. The molecule has 0 aliphatic heterocycles. The van der Waals surface area contributed by atoms with Gasteiger partial charge in [-0.25, -0.2) is 4.98 Å². The Kier molecular flexibility index (Phi) is 4.92. The molecule has 0 fully saturated rings. The van der Waals surface area contributed by atoms with Crippen LogP contribution in [0.1, 0.15) is 19.2 Å². The van der Waals surface area contributed by atoms with E-state index in [2.05, 4.69) is 29.2 Å². The molecule has 140 valence electrons. The number of carbonyl (C=O) groups excluding carboxylic acids is 1. The molecule has 0 bridgehead atoms. The lowest BCUT2D eigenvalue weighted by atomic mass is 10.0. The highest BCUT2D eigenvalue weighted by Crippen LogP contribution is 2.32. The monoisotopic (exact) mass is 388 g/mol. The summed E-state index contributed by atoms with van der Waals surface area (Å²) in [5.74, 6) is 0.708. The smallest absolute Gasteiger partial charge is 0.262 e. The number of rotatable bonds is 5. The predicted molar refractivity (Wildman–Crippen MR) is 115 cm³/mol. The molecule has 0 spiro atoms. The Morgan fingerprint density at radius 1 is 1.00 bits per heavy atom. The van der Waals surface area contributed by atoms with Crippen molar-refractivity contribution in [1.82, 2.24) is 9.55 Å². The van der Waals surface area contributed by atoms with Crippen molar-refractivity contribution in [2.24, 2.45) is 0 Å². The van der Waals surface area contributed by atoms with Gasteiger partial charge in [0, 0.05) is 23.9 Å². The second kappa shape index (κ2) is 7.52. The third-order valence-corrected chi connectivity index (χ3v) is 5.75. The fraction of sp³-hybridized carbons (Fsp3) is 0.174. The van der Waals surface area contributed by atoms with Crippen LogP contribution in [0.4, 0.5) is 0 Å². The van der Waals surface area contributed by atoms with Crippen LogP contribution in [0, 0.1) is 6.92 Å². The van der Waals surface area contributed by atoms with Crippen molar-refractivity contribution in [3.63, 3.8) is 0 Å². The lowest BCUT2D eigenvalue weighted by Crippen LogP contribution is -2.24. The van der Waals surface area contributed by atoms with Gasteiger partial charge in [0.1, 0.15) is 16.4 Å². The van der Waals surface area contributed by atoms with E-state index < -0.39 is 0 Å². The molecule has 0 amide bonds. The minimum atomic E-state index is -0.0767. The molecule has 0 radical (unpaired) electrons. The first-order valence-corrected chi connectivity index (χ1v) is 10.1. The van der Waals surface area contributed by atoms with Gasteiger partial charge in [-0.15, -0.1) is 11.3 Å². The molecule has 2 aromatic carbocycles. The van der Waals surface area contributed by atoms with Crippen LogP contribution in [0.15, 0.2) is 64.8 Å². The Morgan fingerprint density at radius 2 is 1.64 bits per heavy atom. The van der Waals surface area contributed by atoms with Crippen molar-refractivity contribution in [1.29, 1.82) is 0 Å². The summed E-state index contributed by atoms with van der Waals surface area (Å²) < 4.78 is 1.61. The topological polar surface area (TPSA) is 52.0 Å². The first kappa shape index (κ1) is 18.3. The van der Waals surface area contributed by atoms with Gasteiger partial charge in [0.25, 0.3) is 5.56 Å². The highest BCUT2D eigenvalue weighted by molar-refractivity contribution is 7.17. The van der Waals surface area contributed by atoms with E-state index in [9.17, 15) is 9.59 Å². The van der Waals surface area contributed by atoms with Crippen LogP contribution in [0.2, 0.25) is 0 Å². The molecular formula is C23H20N2O2S. The van der Waals surface area contributed by atoms with Crippen LogP contribution in [0.25, 0.3) is 32.5 Å². The molecule has 0 aliphatic carbocycles. The average Bonchev–Trinajstić information content (AvgIpc) is 3.12. The first-order valence-electron chi connectivity index (χ1n) is 9.18. The molecule has 0 saturated carbocycles. The molecule has 0 unspecified atom stereocenters. The van der Waals surface area contributed by atoms with E-state index in [4.69, 9.17) is 0 Å². The average molecular weight is 388 g/mol. The standard InChI is InChI=1S/C23H20N2O2S/c1-15(26)12-13-25-16(2)24-22-21(23(25)27)20(14-28-22)19-10-8-18(9-11-19)17-6-4-3-5-7-17/h3-11,14H,12-13H2,1-2H3. The Morgan fingerprint density at radius 3 is 2.32 bits per heavy atom. The van der Waals surface area contributed by atoms with Gasteiger partial charge < -0.3 is 0 Å². The van der Waals surface area contributed by atoms with E-state index in [1.165, 1.54) is 18.3 Å². The zero-order chi connectivity index (χ0) is 19.7. The third-order valence-electron chi connectivity index (χ3n) is 4.88. The summed E-state index contributed by atoms with van der Waals surface area (Å²) in [6, 6.07) is 18.4. The molecular weight excluding hydrogens is 368 g/mol. The molecule has 4 nitrogen and oxygen atoms in total. The molecule has 0 saturated heterocycles. The zero-order valence-electron chi connectivity index (χ0n) is 15.8. The van der Waals surface area contributed by atoms with Gasteiger partial charge in [-0.1, -0.05) is 54.6 Å². The number of aromatic nitrogens is 2. The van der Waals surface area contributed by atoms with Crippen molar-refractivity contribution >= 4 is 27.3 Å². The van der Waals surface area contributed by atoms with E-state index in [0.29, 0.717) is 24.2 Å². The maximum Gasteiger partial charge on any atom is 0.262 e. The highest BCUT2D eigenvalue weighted by atomic mass is 32.1. The summed E-state index contributed by atoms with van der Waals surface area (Å²) in [5, 5.41) is 2.62. The number of benzene rings is 2. The summed E-state index contributed by atoms with van der Waals surface area (Å²) in [4.78, 5) is 29.8. The number of aryl methyl sites for hydroxylation is 1. The van der Waals surface area contributed by atoms with E-state index in [1.54, 1.807) is 4.57 Å². The zero-order valence-corrected chi connectivity index (χ0v) is 16.6. The van der Waals surface area contributed by atoms with Crippen LogP contribution in [-0.4, -0.2) is 15.3 Å². The van der Waals surface area contributed by atoms with Crippen LogP contribution in [0.5, 0.6) is 0 Å². The van der Waals surface area contributed by atoms with Gasteiger partial charge >= 0.3 is 0 Å². The number of carbonyl (C=O) groups is 1. The lowest BCUT2D eigenvalue weighted by Gasteiger charge is -2.09. The van der Waals surface area contributed by atoms with Crippen LogP contribution >= 0.6 is 11.3 Å². The van der Waals surface area contributed by atoms with Gasteiger partial charge in [0.05, 0.1) is 5.39 Å². The van der Waals surface area contributed by atoms with Crippen LogP contribution < -0.4 is 5.56 Å². The normalized spacial score (nSPS) is 11.1. The lowest BCUT2D eigenvalue weighted by molar-refractivity contribution is -0.117. The van der Waals surface area contributed by atoms with Crippen molar-refractivity contribution in [3.8, 4) is 22.3 Å². The van der Waals surface area contributed by atoms with Gasteiger partial charge in [-0.2, -0.15) is 0 Å². The summed E-state index contributed by atoms with van der Waals surface area (Å²) in [5.41, 5.74) is 4.11.